The molecular weight excluding hydrogens is 685 g/mol. The van der Waals surface area contributed by atoms with E-state index in [-0.39, 0.29) is 0 Å². The van der Waals surface area contributed by atoms with Crippen LogP contribution in [0.4, 0.5) is 0 Å². The van der Waals surface area contributed by atoms with E-state index in [1.807, 2.05) is 29.5 Å². The largest absolute Gasteiger partial charge is 0.228 e. The van der Waals surface area contributed by atoms with Crippen LogP contribution in [0.25, 0.3) is 109 Å². The Balaban J connectivity index is 1.13. The first-order chi connectivity index (χ1) is 27.2. The van der Waals surface area contributed by atoms with Gasteiger partial charge >= 0.3 is 0 Å². The average Bonchev–Trinajstić information content (AvgIpc) is 3.65. The van der Waals surface area contributed by atoms with Gasteiger partial charge in [-0.3, -0.25) is 0 Å². The molecule has 2 heterocycles. The molecule has 0 aliphatic heterocycles. The Kier molecular flexibility index (Phi) is 7.39. The molecule has 256 valence electrons. The van der Waals surface area contributed by atoms with Crippen LogP contribution in [-0.2, 0) is 0 Å². The standard InChI is InChI=1S/C52H32N2S/c1-3-12-33(13-4-1)34-22-24-35(25-23-34)47-32-48(54-52(53-47)36-14-5-2-6-15-36)44-20-11-19-42-39-16-7-8-17-40(39)45-30-37(26-28-43(45)51(42)44)38-27-29-50-46(31-38)41-18-9-10-21-49(41)55-50/h1-32H. The minimum Gasteiger partial charge on any atom is -0.228 e. The van der Waals surface area contributed by atoms with Crippen molar-refractivity contribution >= 4 is 63.8 Å². The number of thiophene rings is 1. The second kappa shape index (κ2) is 12.9. The Hall–Kier alpha value is -6.94. The van der Waals surface area contributed by atoms with Crippen LogP contribution < -0.4 is 0 Å². The Morgan fingerprint density at radius 2 is 0.818 bits per heavy atom. The minimum atomic E-state index is 0.709. The summed E-state index contributed by atoms with van der Waals surface area (Å²) in [6, 6.07) is 69.8. The molecule has 0 radical (unpaired) electrons. The Labute approximate surface area is 322 Å². The van der Waals surface area contributed by atoms with Gasteiger partial charge in [-0.15, -0.1) is 11.3 Å². The third-order valence-corrected chi connectivity index (χ3v) is 12.0. The van der Waals surface area contributed by atoms with Crippen molar-refractivity contribution in [3.8, 4) is 56.2 Å². The maximum absolute atomic E-state index is 5.31. The molecule has 2 aromatic heterocycles. The topological polar surface area (TPSA) is 25.8 Å². The van der Waals surface area contributed by atoms with Gasteiger partial charge in [-0.25, -0.2) is 9.97 Å². The highest BCUT2D eigenvalue weighted by Crippen LogP contribution is 2.43. The summed E-state index contributed by atoms with van der Waals surface area (Å²) in [4.78, 5) is 10.5. The fraction of sp³-hybridized carbons (Fsp3) is 0. The third-order valence-electron chi connectivity index (χ3n) is 10.9. The Morgan fingerprint density at radius 3 is 1.60 bits per heavy atom. The summed E-state index contributed by atoms with van der Waals surface area (Å²) in [5.74, 6) is 0.709. The Morgan fingerprint density at radius 1 is 0.291 bits per heavy atom. The lowest BCUT2D eigenvalue weighted by atomic mass is 9.89. The van der Waals surface area contributed by atoms with E-state index in [1.54, 1.807) is 0 Å². The van der Waals surface area contributed by atoms with Crippen molar-refractivity contribution in [1.82, 2.24) is 9.97 Å². The lowest BCUT2D eigenvalue weighted by molar-refractivity contribution is 1.19. The molecule has 0 fully saturated rings. The fourth-order valence-corrected chi connectivity index (χ4v) is 9.30. The van der Waals surface area contributed by atoms with Crippen molar-refractivity contribution in [1.29, 1.82) is 0 Å². The highest BCUT2D eigenvalue weighted by molar-refractivity contribution is 7.25. The van der Waals surface area contributed by atoms with Crippen molar-refractivity contribution < 1.29 is 0 Å². The van der Waals surface area contributed by atoms with E-state index in [4.69, 9.17) is 9.97 Å². The number of aromatic nitrogens is 2. The molecule has 0 saturated heterocycles. The van der Waals surface area contributed by atoms with E-state index >= 15 is 0 Å². The highest BCUT2D eigenvalue weighted by Gasteiger charge is 2.18. The SMILES string of the molecule is c1ccc(-c2ccc(-c3cc(-c4cccc5c6ccccc6c6cc(-c7ccc8sc9ccccc9c8c7)ccc6c45)nc(-c4ccccc4)n3)cc2)cc1. The molecule has 0 bridgehead atoms. The third kappa shape index (κ3) is 5.40. The van der Waals surface area contributed by atoms with Crippen molar-refractivity contribution in [2.75, 3.05) is 0 Å². The molecule has 11 rings (SSSR count). The van der Waals surface area contributed by atoms with E-state index in [0.717, 1.165) is 28.1 Å². The first-order valence-corrected chi connectivity index (χ1v) is 19.5. The minimum absolute atomic E-state index is 0.709. The maximum atomic E-state index is 5.31. The molecule has 0 spiro atoms. The van der Waals surface area contributed by atoms with Crippen LogP contribution in [0.5, 0.6) is 0 Å². The van der Waals surface area contributed by atoms with Gasteiger partial charge < -0.3 is 0 Å². The number of rotatable bonds is 5. The normalized spacial score (nSPS) is 11.6. The summed E-state index contributed by atoms with van der Waals surface area (Å²) in [6.07, 6.45) is 0. The van der Waals surface area contributed by atoms with E-state index < -0.39 is 0 Å². The molecule has 0 saturated carbocycles. The quantitative estimate of drug-likeness (QED) is 0.166. The first-order valence-electron chi connectivity index (χ1n) is 18.6. The molecule has 11 aromatic rings. The number of benzene rings is 9. The maximum Gasteiger partial charge on any atom is 0.160 e. The van der Waals surface area contributed by atoms with Gasteiger partial charge in [0.15, 0.2) is 5.82 Å². The summed E-state index contributed by atoms with van der Waals surface area (Å²) in [5, 5.41) is 9.97. The predicted molar refractivity (Wildman–Crippen MR) is 235 cm³/mol. The fourth-order valence-electron chi connectivity index (χ4n) is 8.22. The van der Waals surface area contributed by atoms with Gasteiger partial charge in [-0.1, -0.05) is 164 Å². The Bertz CT molecular complexity index is 3240. The molecule has 2 nitrogen and oxygen atoms in total. The van der Waals surface area contributed by atoms with Crippen LogP contribution in [0.1, 0.15) is 0 Å². The molecule has 0 amide bonds. The lowest BCUT2D eigenvalue weighted by Gasteiger charge is -2.16. The van der Waals surface area contributed by atoms with Crippen LogP contribution in [0, 0.1) is 0 Å². The van der Waals surface area contributed by atoms with Gasteiger partial charge in [-0.05, 0) is 84.9 Å². The van der Waals surface area contributed by atoms with E-state index in [9.17, 15) is 0 Å². The smallest absolute Gasteiger partial charge is 0.160 e. The van der Waals surface area contributed by atoms with E-state index in [1.165, 1.54) is 74.7 Å². The van der Waals surface area contributed by atoms with Crippen LogP contribution in [0.2, 0.25) is 0 Å². The summed E-state index contributed by atoms with van der Waals surface area (Å²) in [5.41, 5.74) is 9.73. The van der Waals surface area contributed by atoms with Crippen LogP contribution >= 0.6 is 11.3 Å². The number of nitrogens with zero attached hydrogens (tertiary/aromatic N) is 2. The monoisotopic (exact) mass is 716 g/mol. The zero-order valence-electron chi connectivity index (χ0n) is 29.8. The summed E-state index contributed by atoms with van der Waals surface area (Å²) in [6.45, 7) is 0. The number of fused-ring (bicyclic) bond motifs is 9. The highest BCUT2D eigenvalue weighted by atomic mass is 32.1. The first kappa shape index (κ1) is 31.6. The van der Waals surface area contributed by atoms with Crippen LogP contribution in [-0.4, -0.2) is 9.97 Å². The molecule has 9 aromatic carbocycles. The lowest BCUT2D eigenvalue weighted by Crippen LogP contribution is -1.97. The average molecular weight is 717 g/mol. The summed E-state index contributed by atoms with van der Waals surface area (Å²) >= 11 is 1.86. The van der Waals surface area contributed by atoms with E-state index in [0.29, 0.717) is 5.82 Å². The van der Waals surface area contributed by atoms with Gasteiger partial charge in [0, 0.05) is 36.9 Å². The van der Waals surface area contributed by atoms with Crippen molar-refractivity contribution in [3.63, 3.8) is 0 Å². The van der Waals surface area contributed by atoms with Gasteiger partial charge in [0.2, 0.25) is 0 Å². The van der Waals surface area contributed by atoms with Crippen LogP contribution in [0.3, 0.4) is 0 Å². The zero-order valence-corrected chi connectivity index (χ0v) is 30.6. The second-order valence-electron chi connectivity index (χ2n) is 14.1. The molecule has 0 aliphatic carbocycles. The number of hydrogen-bond donors (Lipinski definition) is 0. The van der Waals surface area contributed by atoms with E-state index in [2.05, 4.69) is 176 Å². The summed E-state index contributed by atoms with van der Waals surface area (Å²) < 4.78 is 2.64. The van der Waals surface area contributed by atoms with Crippen molar-refractivity contribution in [2.45, 2.75) is 0 Å². The predicted octanol–water partition coefficient (Wildman–Crippen LogP) is 14.6. The van der Waals surface area contributed by atoms with Crippen molar-refractivity contribution in [3.05, 3.63) is 194 Å². The molecule has 0 unspecified atom stereocenters. The summed E-state index contributed by atoms with van der Waals surface area (Å²) in [7, 11) is 0. The molecule has 3 heteroatoms. The molecule has 55 heavy (non-hydrogen) atoms. The van der Waals surface area contributed by atoms with Gasteiger partial charge in [-0.2, -0.15) is 0 Å². The van der Waals surface area contributed by atoms with Crippen molar-refractivity contribution in [2.24, 2.45) is 0 Å². The second-order valence-corrected chi connectivity index (χ2v) is 15.2. The zero-order chi connectivity index (χ0) is 36.3. The van der Waals surface area contributed by atoms with Gasteiger partial charge in [0.1, 0.15) is 0 Å². The molecule has 0 atom stereocenters. The molecular formula is C52H32N2S. The van der Waals surface area contributed by atoms with Gasteiger partial charge in [0.05, 0.1) is 11.4 Å². The number of hydrogen-bond acceptors (Lipinski definition) is 3. The molecule has 0 N–H and O–H groups in total. The van der Waals surface area contributed by atoms with Gasteiger partial charge in [0.25, 0.3) is 0 Å². The van der Waals surface area contributed by atoms with Crippen LogP contribution in [0.15, 0.2) is 194 Å². The molecule has 0 aliphatic rings.